The Morgan fingerprint density at radius 2 is 2.09 bits per heavy atom. The van der Waals surface area contributed by atoms with Crippen LogP contribution in [0.15, 0.2) is 24.9 Å². The first kappa shape index (κ1) is 8.38. The fourth-order valence-electron chi connectivity index (χ4n) is 1.56. The number of hydrogen-bond acceptors (Lipinski definition) is 1. The zero-order valence-electron chi connectivity index (χ0n) is 7.10. The van der Waals surface area contributed by atoms with E-state index < -0.39 is 0 Å². The van der Waals surface area contributed by atoms with Crippen LogP contribution in [0.3, 0.4) is 0 Å². The monoisotopic (exact) mass is 151 g/mol. The van der Waals surface area contributed by atoms with Gasteiger partial charge in [0.25, 0.3) is 0 Å². The van der Waals surface area contributed by atoms with Crippen molar-refractivity contribution < 1.29 is 0 Å². The van der Waals surface area contributed by atoms with E-state index in [-0.39, 0.29) is 0 Å². The largest absolute Gasteiger partial charge is 0.385 e. The normalized spacial score (nSPS) is 18.2. The third-order valence-corrected chi connectivity index (χ3v) is 2.34. The van der Waals surface area contributed by atoms with Crippen LogP contribution in [0.5, 0.6) is 0 Å². The molecule has 1 heteroatoms. The highest BCUT2D eigenvalue weighted by atomic mass is 14.9. The lowest BCUT2D eigenvalue weighted by molar-refractivity contribution is 0.521. The predicted molar refractivity (Wildman–Crippen MR) is 49.3 cm³/mol. The molecular weight excluding hydrogens is 134 g/mol. The molecule has 1 fully saturated rings. The van der Waals surface area contributed by atoms with Gasteiger partial charge >= 0.3 is 0 Å². The molecule has 0 spiro atoms. The molecule has 0 aromatic rings. The molecule has 0 saturated heterocycles. The van der Waals surface area contributed by atoms with E-state index in [0.717, 1.165) is 18.2 Å². The van der Waals surface area contributed by atoms with Crippen molar-refractivity contribution in [2.24, 2.45) is 5.92 Å². The first-order valence-electron chi connectivity index (χ1n) is 4.38. The number of hydrogen-bond donors (Lipinski definition) is 1. The second-order valence-electron chi connectivity index (χ2n) is 3.26. The van der Waals surface area contributed by atoms with Gasteiger partial charge in [0, 0.05) is 12.2 Å². The average molecular weight is 151 g/mol. The van der Waals surface area contributed by atoms with Crippen molar-refractivity contribution in [3.05, 3.63) is 24.9 Å². The van der Waals surface area contributed by atoms with E-state index in [1.165, 1.54) is 25.7 Å². The summed E-state index contributed by atoms with van der Waals surface area (Å²) < 4.78 is 0. The van der Waals surface area contributed by atoms with Gasteiger partial charge in [-0.1, -0.05) is 26.0 Å². The zero-order valence-corrected chi connectivity index (χ0v) is 7.10. The zero-order chi connectivity index (χ0) is 8.10. The Balaban J connectivity index is 2.10. The SMILES string of the molecule is C=CC(=C)NCC1CCCC1. The fraction of sp³-hybridized carbons (Fsp3) is 0.600. The molecule has 1 aliphatic rings. The van der Waals surface area contributed by atoms with Gasteiger partial charge in [-0.3, -0.25) is 0 Å². The van der Waals surface area contributed by atoms with Crippen LogP contribution in [0.25, 0.3) is 0 Å². The summed E-state index contributed by atoms with van der Waals surface area (Å²) in [5.74, 6) is 0.881. The molecule has 0 aliphatic heterocycles. The van der Waals surface area contributed by atoms with E-state index in [4.69, 9.17) is 0 Å². The predicted octanol–water partition coefficient (Wildman–Crippen LogP) is 2.47. The topological polar surface area (TPSA) is 12.0 Å². The third kappa shape index (κ3) is 2.79. The van der Waals surface area contributed by atoms with Gasteiger partial charge in [-0.25, -0.2) is 0 Å². The Labute approximate surface area is 69.2 Å². The second kappa shape index (κ2) is 4.22. The fourth-order valence-corrected chi connectivity index (χ4v) is 1.56. The molecule has 1 aliphatic carbocycles. The molecule has 0 atom stereocenters. The summed E-state index contributed by atoms with van der Waals surface area (Å²) in [7, 11) is 0. The Morgan fingerprint density at radius 1 is 1.45 bits per heavy atom. The lowest BCUT2D eigenvalue weighted by Gasteiger charge is -2.10. The molecule has 62 valence electrons. The maximum Gasteiger partial charge on any atom is 0.0261 e. The first-order chi connectivity index (χ1) is 5.33. The van der Waals surface area contributed by atoms with Crippen molar-refractivity contribution >= 4 is 0 Å². The van der Waals surface area contributed by atoms with Gasteiger partial charge in [0.05, 0.1) is 0 Å². The van der Waals surface area contributed by atoms with Gasteiger partial charge in [-0.15, -0.1) is 0 Å². The minimum atomic E-state index is 0.881. The van der Waals surface area contributed by atoms with Crippen LogP contribution in [0, 0.1) is 5.92 Å². The summed E-state index contributed by atoms with van der Waals surface area (Å²) in [5, 5.41) is 3.26. The lowest BCUT2D eigenvalue weighted by Crippen LogP contribution is -2.18. The van der Waals surface area contributed by atoms with Crippen molar-refractivity contribution in [2.75, 3.05) is 6.54 Å². The highest BCUT2D eigenvalue weighted by molar-refractivity contribution is 5.08. The van der Waals surface area contributed by atoms with Gasteiger partial charge < -0.3 is 5.32 Å². The molecule has 0 radical (unpaired) electrons. The van der Waals surface area contributed by atoms with E-state index in [2.05, 4.69) is 18.5 Å². The molecule has 1 saturated carbocycles. The van der Waals surface area contributed by atoms with Gasteiger partial charge in [-0.05, 0) is 24.8 Å². The summed E-state index contributed by atoms with van der Waals surface area (Å²) in [6.07, 6.45) is 7.36. The molecule has 1 N–H and O–H groups in total. The van der Waals surface area contributed by atoms with Gasteiger partial charge in [-0.2, -0.15) is 0 Å². The summed E-state index contributed by atoms with van der Waals surface area (Å²) >= 11 is 0. The molecule has 1 rings (SSSR count). The van der Waals surface area contributed by atoms with E-state index in [1.807, 2.05) is 0 Å². The highest BCUT2D eigenvalue weighted by Crippen LogP contribution is 2.23. The molecule has 0 heterocycles. The van der Waals surface area contributed by atoms with Crippen molar-refractivity contribution in [2.45, 2.75) is 25.7 Å². The minimum absolute atomic E-state index is 0.881. The summed E-state index contributed by atoms with van der Waals surface area (Å²) in [4.78, 5) is 0. The molecule has 0 aromatic carbocycles. The molecule has 0 amide bonds. The van der Waals surface area contributed by atoms with E-state index in [9.17, 15) is 0 Å². The Bertz CT molecular complexity index is 143. The summed E-state index contributed by atoms with van der Waals surface area (Å²) in [6, 6.07) is 0. The highest BCUT2D eigenvalue weighted by Gasteiger charge is 2.13. The minimum Gasteiger partial charge on any atom is -0.385 e. The van der Waals surface area contributed by atoms with Crippen molar-refractivity contribution in [3.63, 3.8) is 0 Å². The lowest BCUT2D eigenvalue weighted by atomic mass is 10.1. The van der Waals surface area contributed by atoms with E-state index in [1.54, 1.807) is 6.08 Å². The standard InChI is InChI=1S/C10H17N/c1-3-9(2)11-8-10-6-4-5-7-10/h3,10-11H,1-2,4-8H2. The summed E-state index contributed by atoms with van der Waals surface area (Å²) in [6.45, 7) is 8.54. The van der Waals surface area contributed by atoms with Gasteiger partial charge in [0.2, 0.25) is 0 Å². The molecule has 11 heavy (non-hydrogen) atoms. The van der Waals surface area contributed by atoms with Crippen LogP contribution in [0.4, 0.5) is 0 Å². The quantitative estimate of drug-likeness (QED) is 0.609. The Kier molecular flexibility index (Phi) is 3.21. The van der Waals surface area contributed by atoms with Crippen LogP contribution in [0.2, 0.25) is 0 Å². The smallest absolute Gasteiger partial charge is 0.0261 e. The number of allylic oxidation sites excluding steroid dienone is 1. The second-order valence-corrected chi connectivity index (χ2v) is 3.26. The molecule has 0 bridgehead atoms. The van der Waals surface area contributed by atoms with Crippen LogP contribution < -0.4 is 5.32 Å². The first-order valence-corrected chi connectivity index (χ1v) is 4.38. The van der Waals surface area contributed by atoms with Crippen molar-refractivity contribution in [1.29, 1.82) is 0 Å². The third-order valence-electron chi connectivity index (χ3n) is 2.34. The van der Waals surface area contributed by atoms with Gasteiger partial charge in [0.1, 0.15) is 0 Å². The van der Waals surface area contributed by atoms with Crippen LogP contribution in [0.1, 0.15) is 25.7 Å². The van der Waals surface area contributed by atoms with E-state index >= 15 is 0 Å². The van der Waals surface area contributed by atoms with Gasteiger partial charge in [0.15, 0.2) is 0 Å². The summed E-state index contributed by atoms with van der Waals surface area (Å²) in [5.41, 5.74) is 0.955. The average Bonchev–Trinajstić information content (AvgIpc) is 2.52. The molecule has 0 unspecified atom stereocenters. The Morgan fingerprint density at radius 3 is 2.64 bits per heavy atom. The molecular formula is C10H17N. The number of nitrogens with one attached hydrogen (secondary N) is 1. The molecule has 0 aromatic heterocycles. The maximum atomic E-state index is 3.80. The van der Waals surface area contributed by atoms with E-state index in [0.29, 0.717) is 0 Å². The maximum absolute atomic E-state index is 3.80. The molecule has 1 nitrogen and oxygen atoms in total. The van der Waals surface area contributed by atoms with Crippen LogP contribution in [-0.4, -0.2) is 6.54 Å². The Hall–Kier alpha value is -0.720. The number of rotatable bonds is 4. The van der Waals surface area contributed by atoms with Crippen LogP contribution in [-0.2, 0) is 0 Å². The van der Waals surface area contributed by atoms with Crippen molar-refractivity contribution in [3.8, 4) is 0 Å². The van der Waals surface area contributed by atoms with Crippen molar-refractivity contribution in [1.82, 2.24) is 5.32 Å². The van der Waals surface area contributed by atoms with Crippen LogP contribution >= 0.6 is 0 Å².